The molecule has 1 fully saturated rings. The molecular weight excluding hydrogens is 396 g/mol. The Balaban J connectivity index is 2.06. The molecule has 1 aliphatic carbocycles. The van der Waals surface area contributed by atoms with E-state index in [9.17, 15) is 14.4 Å². The average Bonchev–Trinajstić information content (AvgIpc) is 3.37. The van der Waals surface area contributed by atoms with Crippen molar-refractivity contribution >= 4 is 23.8 Å². The van der Waals surface area contributed by atoms with Gasteiger partial charge in [0.1, 0.15) is 5.75 Å². The number of carbonyl (C=O) groups is 3. The van der Waals surface area contributed by atoms with Crippen molar-refractivity contribution in [2.24, 2.45) is 16.7 Å². The van der Waals surface area contributed by atoms with Crippen LogP contribution >= 0.6 is 0 Å². The second kappa shape index (κ2) is 8.38. The van der Waals surface area contributed by atoms with Gasteiger partial charge in [0.05, 0.1) is 26.7 Å². The minimum Gasteiger partial charge on any atom is -0.497 e. The van der Waals surface area contributed by atoms with E-state index >= 15 is 0 Å². The van der Waals surface area contributed by atoms with Crippen LogP contribution in [0.25, 0.3) is 6.08 Å². The molecule has 6 heteroatoms. The Labute approximate surface area is 181 Å². The summed E-state index contributed by atoms with van der Waals surface area (Å²) in [5.74, 6) is -1.90. The molecule has 3 rings (SSSR count). The molecule has 0 amide bonds. The standard InChI is InChI=1S/C25H26O6/c1-16-6-11-18(12-7-16)21(26)24(2)20(25(24,22(27)30-4)23(28)31-5)15-10-17-8-13-19(29-3)14-9-17/h6-15,20H,1-5H3/b15-10+/t20-,24-/m1/s1. The lowest BCUT2D eigenvalue weighted by molar-refractivity contribution is -0.163. The lowest BCUT2D eigenvalue weighted by atomic mass is 9.86. The van der Waals surface area contributed by atoms with Gasteiger partial charge >= 0.3 is 11.9 Å². The van der Waals surface area contributed by atoms with Crippen molar-refractivity contribution in [2.45, 2.75) is 13.8 Å². The largest absolute Gasteiger partial charge is 0.497 e. The molecule has 0 N–H and O–H groups in total. The highest BCUT2D eigenvalue weighted by Crippen LogP contribution is 2.72. The fourth-order valence-electron chi connectivity index (χ4n) is 4.32. The first-order chi connectivity index (χ1) is 14.8. The molecule has 31 heavy (non-hydrogen) atoms. The summed E-state index contributed by atoms with van der Waals surface area (Å²) in [6.45, 7) is 3.53. The summed E-state index contributed by atoms with van der Waals surface area (Å²) < 4.78 is 15.1. The fourth-order valence-corrected chi connectivity index (χ4v) is 4.32. The molecule has 1 aliphatic rings. The van der Waals surface area contributed by atoms with Gasteiger partial charge in [0.25, 0.3) is 0 Å². The van der Waals surface area contributed by atoms with Gasteiger partial charge in [0, 0.05) is 11.5 Å². The topological polar surface area (TPSA) is 78.9 Å². The summed E-state index contributed by atoms with van der Waals surface area (Å²) in [5, 5.41) is 0. The van der Waals surface area contributed by atoms with Crippen molar-refractivity contribution in [1.82, 2.24) is 0 Å². The predicted octanol–water partition coefficient (Wildman–Crippen LogP) is 3.87. The van der Waals surface area contributed by atoms with Crippen LogP contribution in [-0.2, 0) is 19.1 Å². The lowest BCUT2D eigenvalue weighted by Gasteiger charge is -2.17. The fraction of sp³-hybridized carbons (Fsp3) is 0.320. The number of esters is 2. The molecule has 0 spiro atoms. The summed E-state index contributed by atoms with van der Waals surface area (Å²) >= 11 is 0. The van der Waals surface area contributed by atoms with Gasteiger partial charge in [-0.3, -0.25) is 14.4 Å². The predicted molar refractivity (Wildman–Crippen MR) is 116 cm³/mol. The van der Waals surface area contributed by atoms with E-state index < -0.39 is 28.7 Å². The highest BCUT2D eigenvalue weighted by molar-refractivity contribution is 6.17. The molecule has 6 nitrogen and oxygen atoms in total. The zero-order chi connectivity index (χ0) is 22.8. The van der Waals surface area contributed by atoms with Crippen molar-refractivity contribution in [1.29, 1.82) is 0 Å². The number of rotatable bonds is 7. The molecule has 2 atom stereocenters. The van der Waals surface area contributed by atoms with Crippen LogP contribution in [0.4, 0.5) is 0 Å². The van der Waals surface area contributed by atoms with Gasteiger partial charge in [0.15, 0.2) is 11.2 Å². The second-order valence-corrected chi connectivity index (χ2v) is 7.80. The summed E-state index contributed by atoms with van der Waals surface area (Å²) in [6, 6.07) is 14.3. The van der Waals surface area contributed by atoms with Gasteiger partial charge in [-0.05, 0) is 31.5 Å². The smallest absolute Gasteiger partial charge is 0.324 e. The molecule has 2 aromatic rings. The summed E-state index contributed by atoms with van der Waals surface area (Å²) in [6.07, 6.45) is 3.49. The van der Waals surface area contributed by atoms with E-state index in [1.807, 2.05) is 31.2 Å². The number of hydrogen-bond donors (Lipinski definition) is 0. The van der Waals surface area contributed by atoms with E-state index in [1.165, 1.54) is 14.2 Å². The Morgan fingerprint density at radius 1 is 0.871 bits per heavy atom. The number of ketones is 1. The Hall–Kier alpha value is -3.41. The molecular formula is C25H26O6. The van der Waals surface area contributed by atoms with E-state index in [4.69, 9.17) is 14.2 Å². The van der Waals surface area contributed by atoms with Crippen molar-refractivity contribution in [3.63, 3.8) is 0 Å². The van der Waals surface area contributed by atoms with E-state index in [2.05, 4.69) is 0 Å². The monoisotopic (exact) mass is 422 g/mol. The summed E-state index contributed by atoms with van der Waals surface area (Å²) in [5.41, 5.74) is -0.833. The van der Waals surface area contributed by atoms with Crippen LogP contribution in [-0.4, -0.2) is 39.1 Å². The molecule has 0 bridgehead atoms. The zero-order valence-electron chi connectivity index (χ0n) is 18.3. The first-order valence-electron chi connectivity index (χ1n) is 9.87. The third kappa shape index (κ3) is 3.42. The van der Waals surface area contributed by atoms with Gasteiger partial charge in [-0.25, -0.2) is 0 Å². The maximum atomic E-state index is 13.5. The number of hydrogen-bond acceptors (Lipinski definition) is 6. The first-order valence-corrected chi connectivity index (χ1v) is 9.87. The minimum atomic E-state index is -1.75. The van der Waals surface area contributed by atoms with Crippen LogP contribution in [0, 0.1) is 23.7 Å². The van der Waals surface area contributed by atoms with E-state index in [0.29, 0.717) is 11.3 Å². The number of ether oxygens (including phenoxy) is 3. The van der Waals surface area contributed by atoms with E-state index in [0.717, 1.165) is 11.1 Å². The van der Waals surface area contributed by atoms with Crippen LogP contribution in [0.2, 0.25) is 0 Å². The third-order valence-electron chi connectivity index (χ3n) is 6.22. The molecule has 1 saturated carbocycles. The Morgan fingerprint density at radius 3 is 1.90 bits per heavy atom. The Bertz CT molecular complexity index is 1000. The molecule has 0 unspecified atom stereocenters. The number of carbonyl (C=O) groups excluding carboxylic acids is 3. The van der Waals surface area contributed by atoms with Gasteiger partial charge in [-0.2, -0.15) is 0 Å². The van der Waals surface area contributed by atoms with Gasteiger partial charge < -0.3 is 14.2 Å². The highest BCUT2D eigenvalue weighted by atomic mass is 16.5. The quantitative estimate of drug-likeness (QED) is 0.383. The number of Topliss-reactive ketones (excluding diaryl/α,β-unsaturated/α-hetero) is 1. The van der Waals surface area contributed by atoms with Crippen molar-refractivity contribution in [2.75, 3.05) is 21.3 Å². The van der Waals surface area contributed by atoms with Crippen LogP contribution < -0.4 is 4.74 Å². The molecule has 0 aromatic heterocycles. The van der Waals surface area contributed by atoms with Crippen molar-refractivity contribution in [3.05, 3.63) is 71.3 Å². The third-order valence-corrected chi connectivity index (χ3v) is 6.22. The summed E-state index contributed by atoms with van der Waals surface area (Å²) in [4.78, 5) is 39.3. The number of allylic oxidation sites excluding steroid dienone is 1. The van der Waals surface area contributed by atoms with Gasteiger partial charge in [-0.1, -0.05) is 54.1 Å². The van der Waals surface area contributed by atoms with E-state index in [-0.39, 0.29) is 5.78 Å². The number of aryl methyl sites for hydroxylation is 1. The number of benzene rings is 2. The average molecular weight is 422 g/mol. The SMILES string of the molecule is COC(=O)C1(C(=O)OC)[C@H](/C=C/c2ccc(OC)cc2)[C@]1(C)C(=O)c1ccc(C)cc1. The number of methoxy groups -OCH3 is 3. The van der Waals surface area contributed by atoms with Crippen LogP contribution in [0.1, 0.15) is 28.4 Å². The molecule has 0 heterocycles. The summed E-state index contributed by atoms with van der Waals surface area (Å²) in [7, 11) is 3.98. The molecule has 0 aliphatic heterocycles. The van der Waals surface area contributed by atoms with Crippen LogP contribution in [0.15, 0.2) is 54.6 Å². The molecule has 0 saturated heterocycles. The molecule has 0 radical (unpaired) electrons. The van der Waals surface area contributed by atoms with E-state index in [1.54, 1.807) is 50.5 Å². The van der Waals surface area contributed by atoms with Crippen molar-refractivity contribution in [3.8, 4) is 5.75 Å². The Morgan fingerprint density at radius 2 is 1.42 bits per heavy atom. The maximum absolute atomic E-state index is 13.5. The Kier molecular flexibility index (Phi) is 6.02. The van der Waals surface area contributed by atoms with Crippen LogP contribution in [0.5, 0.6) is 5.75 Å². The minimum absolute atomic E-state index is 0.312. The zero-order valence-corrected chi connectivity index (χ0v) is 18.3. The normalized spacial score (nSPS) is 21.4. The lowest BCUT2D eigenvalue weighted by Crippen LogP contribution is -2.36. The molecule has 2 aromatic carbocycles. The van der Waals surface area contributed by atoms with Crippen LogP contribution in [0.3, 0.4) is 0 Å². The van der Waals surface area contributed by atoms with Gasteiger partial charge in [0.2, 0.25) is 0 Å². The maximum Gasteiger partial charge on any atom is 0.324 e. The highest BCUT2D eigenvalue weighted by Gasteiger charge is 2.86. The van der Waals surface area contributed by atoms with Crippen molar-refractivity contribution < 1.29 is 28.6 Å². The molecule has 162 valence electrons. The second-order valence-electron chi connectivity index (χ2n) is 7.80. The van der Waals surface area contributed by atoms with Gasteiger partial charge in [-0.15, -0.1) is 0 Å². The first kappa shape index (κ1) is 22.3.